The quantitative estimate of drug-likeness (QED) is 0.727. The van der Waals surface area contributed by atoms with E-state index in [2.05, 4.69) is 16.7 Å². The predicted octanol–water partition coefficient (Wildman–Crippen LogP) is 3.00. The molecule has 5 nitrogen and oxygen atoms in total. The summed E-state index contributed by atoms with van der Waals surface area (Å²) in [4.78, 5) is 0.0920. The van der Waals surface area contributed by atoms with Gasteiger partial charge in [0.2, 0.25) is 10.0 Å². The monoisotopic (exact) mass is 363 g/mol. The van der Waals surface area contributed by atoms with Crippen molar-refractivity contribution in [3.63, 3.8) is 0 Å². The Hall–Kier alpha value is -1.96. The highest BCUT2D eigenvalue weighted by molar-refractivity contribution is 7.89. The van der Waals surface area contributed by atoms with Gasteiger partial charge in [0.05, 0.1) is 10.9 Å². The molecule has 0 fully saturated rings. The maximum Gasteiger partial charge on any atom is 0.238 e. The predicted molar refractivity (Wildman–Crippen MR) is 102 cm³/mol. The Morgan fingerprint density at radius 1 is 1.08 bits per heavy atom. The Balaban J connectivity index is 2.03. The number of nitrogens with one attached hydrogen (secondary N) is 2. The summed E-state index contributed by atoms with van der Waals surface area (Å²) in [7, 11) is -3.68. The fraction of sp³-hybridized carbons (Fsp3) is 0.235. The summed E-state index contributed by atoms with van der Waals surface area (Å²) in [6.07, 6.45) is 0. The molecule has 1 atom stereocenters. The van der Waals surface area contributed by atoms with Crippen molar-refractivity contribution in [2.75, 3.05) is 5.32 Å². The maximum absolute atomic E-state index is 11.3. The van der Waals surface area contributed by atoms with Crippen LogP contribution in [0.5, 0.6) is 0 Å². The SMILES string of the molecule is Cc1cc(C)cc(NC(=S)NC(C)c2ccc(S(N)(=O)=O)cc2)c1. The van der Waals surface area contributed by atoms with E-state index < -0.39 is 10.0 Å². The molecule has 0 aliphatic heterocycles. The second-order valence-electron chi connectivity index (χ2n) is 5.81. The van der Waals surface area contributed by atoms with Crippen LogP contribution in [0.15, 0.2) is 47.4 Å². The van der Waals surface area contributed by atoms with Gasteiger partial charge in [-0.05, 0) is 73.9 Å². The number of aryl methyl sites for hydroxylation is 2. The Morgan fingerprint density at radius 3 is 2.12 bits per heavy atom. The third-order valence-electron chi connectivity index (χ3n) is 3.54. The van der Waals surface area contributed by atoms with Gasteiger partial charge in [-0.15, -0.1) is 0 Å². The van der Waals surface area contributed by atoms with Crippen molar-refractivity contribution in [2.45, 2.75) is 31.7 Å². The molecule has 1 unspecified atom stereocenters. The van der Waals surface area contributed by atoms with Gasteiger partial charge < -0.3 is 10.6 Å². The summed E-state index contributed by atoms with van der Waals surface area (Å²) in [5, 5.41) is 11.9. The number of sulfonamides is 1. The Morgan fingerprint density at radius 2 is 1.62 bits per heavy atom. The van der Waals surface area contributed by atoms with Crippen molar-refractivity contribution in [3.8, 4) is 0 Å². The molecule has 0 radical (unpaired) electrons. The lowest BCUT2D eigenvalue weighted by Gasteiger charge is -2.18. The summed E-state index contributed by atoms with van der Waals surface area (Å²) >= 11 is 5.35. The van der Waals surface area contributed by atoms with Gasteiger partial charge in [-0.2, -0.15) is 0 Å². The highest BCUT2D eigenvalue weighted by Gasteiger charge is 2.11. The number of hydrogen-bond donors (Lipinski definition) is 3. The lowest BCUT2D eigenvalue weighted by molar-refractivity contribution is 0.597. The molecule has 4 N–H and O–H groups in total. The second-order valence-corrected chi connectivity index (χ2v) is 7.78. The van der Waals surface area contributed by atoms with Gasteiger partial charge in [-0.3, -0.25) is 0 Å². The first-order valence-electron chi connectivity index (χ1n) is 7.44. The molecular formula is C17H21N3O2S2. The van der Waals surface area contributed by atoms with E-state index in [4.69, 9.17) is 17.4 Å². The third kappa shape index (κ3) is 5.02. The van der Waals surface area contributed by atoms with Gasteiger partial charge in [-0.25, -0.2) is 13.6 Å². The summed E-state index contributed by atoms with van der Waals surface area (Å²) < 4.78 is 22.6. The van der Waals surface area contributed by atoms with Crippen molar-refractivity contribution >= 4 is 33.0 Å². The van der Waals surface area contributed by atoms with E-state index in [-0.39, 0.29) is 10.9 Å². The molecule has 2 aromatic rings. The molecule has 0 bridgehead atoms. The molecule has 0 aliphatic rings. The van der Waals surface area contributed by atoms with Gasteiger partial charge >= 0.3 is 0 Å². The molecule has 0 heterocycles. The molecule has 128 valence electrons. The zero-order chi connectivity index (χ0) is 17.9. The molecule has 24 heavy (non-hydrogen) atoms. The van der Waals surface area contributed by atoms with Crippen molar-refractivity contribution in [2.24, 2.45) is 5.14 Å². The van der Waals surface area contributed by atoms with E-state index in [9.17, 15) is 8.42 Å². The molecule has 0 aromatic heterocycles. The molecule has 0 aliphatic carbocycles. The number of nitrogens with two attached hydrogens (primary N) is 1. The third-order valence-corrected chi connectivity index (χ3v) is 4.68. The average molecular weight is 364 g/mol. The standard InChI is InChI=1S/C17H21N3O2S2/c1-11-8-12(2)10-15(9-11)20-17(23)19-13(3)14-4-6-16(7-5-14)24(18,21)22/h4-10,13H,1-3H3,(H2,18,21,22)(H2,19,20,23). The first-order chi connectivity index (χ1) is 11.1. The first kappa shape index (κ1) is 18.4. The molecular weight excluding hydrogens is 342 g/mol. The van der Waals surface area contributed by atoms with Crippen LogP contribution in [0.4, 0.5) is 5.69 Å². The van der Waals surface area contributed by atoms with Crippen molar-refractivity contribution in [1.29, 1.82) is 0 Å². The van der Waals surface area contributed by atoms with E-state index in [0.29, 0.717) is 5.11 Å². The summed E-state index contributed by atoms with van der Waals surface area (Å²) in [6, 6.07) is 12.5. The largest absolute Gasteiger partial charge is 0.356 e. The number of thiocarbonyl (C=S) groups is 1. The maximum atomic E-state index is 11.3. The zero-order valence-corrected chi connectivity index (χ0v) is 15.5. The van der Waals surface area contributed by atoms with Gasteiger partial charge in [0.1, 0.15) is 0 Å². The number of rotatable bonds is 4. The molecule has 0 saturated carbocycles. The van der Waals surface area contributed by atoms with Crippen LogP contribution < -0.4 is 15.8 Å². The highest BCUT2D eigenvalue weighted by Crippen LogP contribution is 2.17. The second kappa shape index (κ2) is 7.29. The fourth-order valence-corrected chi connectivity index (χ4v) is 3.25. The van der Waals surface area contributed by atoms with Gasteiger partial charge in [-0.1, -0.05) is 18.2 Å². The van der Waals surface area contributed by atoms with Crippen LogP contribution >= 0.6 is 12.2 Å². The molecule has 0 amide bonds. The minimum atomic E-state index is -3.68. The Bertz CT molecular complexity index is 826. The summed E-state index contributed by atoms with van der Waals surface area (Å²) in [6.45, 7) is 6.01. The topological polar surface area (TPSA) is 84.2 Å². The Kier molecular flexibility index (Phi) is 5.58. The van der Waals surface area contributed by atoms with Crippen molar-refractivity contribution < 1.29 is 8.42 Å². The van der Waals surface area contributed by atoms with Crippen LogP contribution in [-0.2, 0) is 10.0 Å². The van der Waals surface area contributed by atoms with Crippen LogP contribution in [-0.4, -0.2) is 13.5 Å². The average Bonchev–Trinajstić information content (AvgIpc) is 2.45. The molecule has 2 rings (SSSR count). The number of benzene rings is 2. The van der Waals surface area contributed by atoms with E-state index in [1.807, 2.05) is 32.9 Å². The number of hydrogen-bond acceptors (Lipinski definition) is 3. The smallest absolute Gasteiger partial charge is 0.238 e. The number of anilines is 1. The normalized spacial score (nSPS) is 12.5. The van der Waals surface area contributed by atoms with Crippen LogP contribution in [0.25, 0.3) is 0 Å². The van der Waals surface area contributed by atoms with E-state index in [1.165, 1.54) is 12.1 Å². The van der Waals surface area contributed by atoms with Crippen LogP contribution in [0.2, 0.25) is 0 Å². The van der Waals surface area contributed by atoms with E-state index >= 15 is 0 Å². The minimum absolute atomic E-state index is 0.0783. The lowest BCUT2D eigenvalue weighted by atomic mass is 10.1. The molecule has 0 saturated heterocycles. The van der Waals surface area contributed by atoms with Gasteiger partial charge in [0.15, 0.2) is 5.11 Å². The van der Waals surface area contributed by atoms with Crippen LogP contribution in [0, 0.1) is 13.8 Å². The minimum Gasteiger partial charge on any atom is -0.356 e. The van der Waals surface area contributed by atoms with Crippen LogP contribution in [0.3, 0.4) is 0 Å². The first-order valence-corrected chi connectivity index (χ1v) is 9.39. The Labute approximate surface area is 148 Å². The molecule has 0 spiro atoms. The van der Waals surface area contributed by atoms with E-state index in [0.717, 1.165) is 22.4 Å². The van der Waals surface area contributed by atoms with Crippen molar-refractivity contribution in [3.05, 3.63) is 59.2 Å². The number of primary sulfonamides is 1. The lowest BCUT2D eigenvalue weighted by Crippen LogP contribution is -2.31. The molecule has 2 aromatic carbocycles. The summed E-state index contributed by atoms with van der Waals surface area (Å²) in [5.41, 5.74) is 4.16. The summed E-state index contributed by atoms with van der Waals surface area (Å²) in [5.74, 6) is 0. The van der Waals surface area contributed by atoms with E-state index in [1.54, 1.807) is 12.1 Å². The molecule has 7 heteroatoms. The van der Waals surface area contributed by atoms with Gasteiger partial charge in [0.25, 0.3) is 0 Å². The van der Waals surface area contributed by atoms with Crippen LogP contribution in [0.1, 0.15) is 29.7 Å². The zero-order valence-electron chi connectivity index (χ0n) is 13.8. The van der Waals surface area contributed by atoms with Gasteiger partial charge in [0, 0.05) is 5.69 Å². The highest BCUT2D eigenvalue weighted by atomic mass is 32.2. The van der Waals surface area contributed by atoms with Crippen molar-refractivity contribution in [1.82, 2.24) is 5.32 Å². The fourth-order valence-electron chi connectivity index (χ4n) is 2.44.